The Morgan fingerprint density at radius 1 is 1.02 bits per heavy atom. The number of rotatable bonds is 11. The van der Waals surface area contributed by atoms with E-state index in [1.54, 1.807) is 31.3 Å². The molecule has 0 bridgehead atoms. The smallest absolute Gasteiger partial charge is 0.277 e. The number of aromatic nitrogens is 5. The number of carbonyl (C=O) groups excluding carboxylic acids is 3. The first kappa shape index (κ1) is 38.3. The lowest BCUT2D eigenvalue weighted by Crippen LogP contribution is -2.49. The zero-order valence-corrected chi connectivity index (χ0v) is 30.4. The molecule has 3 aromatic heterocycles. The van der Waals surface area contributed by atoms with Gasteiger partial charge in [0.25, 0.3) is 11.8 Å². The molecular formula is C33H33B3N10O7S. The largest absolute Gasteiger partial charge is 0.366 e. The molecule has 272 valence electrons. The maximum absolute atomic E-state index is 13.8. The molecule has 21 heteroatoms. The highest BCUT2D eigenvalue weighted by molar-refractivity contribution is 7.91. The van der Waals surface area contributed by atoms with E-state index in [1.807, 2.05) is 17.1 Å². The lowest BCUT2D eigenvalue weighted by Gasteiger charge is -2.38. The minimum atomic E-state index is -3.61. The fraction of sp³-hybridized carbons (Fsp3) is 0.333. The van der Waals surface area contributed by atoms with E-state index in [2.05, 4.69) is 36.0 Å². The fourth-order valence-corrected chi connectivity index (χ4v) is 6.71. The van der Waals surface area contributed by atoms with Crippen molar-refractivity contribution in [1.82, 2.24) is 35.6 Å². The van der Waals surface area contributed by atoms with Crippen molar-refractivity contribution in [3.63, 3.8) is 0 Å². The molecule has 5 N–H and O–H groups in total. The summed E-state index contributed by atoms with van der Waals surface area (Å²) in [4.78, 5) is 46.2. The van der Waals surface area contributed by atoms with E-state index in [4.69, 9.17) is 23.5 Å². The highest BCUT2D eigenvalue weighted by Crippen LogP contribution is 2.47. The molecule has 1 aliphatic heterocycles. The molecule has 0 saturated heterocycles. The molecule has 0 spiro atoms. The minimum Gasteiger partial charge on any atom is -0.366 e. The van der Waals surface area contributed by atoms with E-state index in [0.29, 0.717) is 28.2 Å². The van der Waals surface area contributed by atoms with Crippen LogP contribution in [0.4, 0.5) is 22.9 Å². The van der Waals surface area contributed by atoms with Crippen molar-refractivity contribution in [3.05, 3.63) is 71.3 Å². The molecule has 54 heavy (non-hydrogen) atoms. The third kappa shape index (κ3) is 7.51. The summed E-state index contributed by atoms with van der Waals surface area (Å²) in [6.45, 7) is 3.37. The standard InChI is InChI=1S/C33H33B3N10O7S/c1-5-54(52,53)18-11-12-37-24(13-18)32(34,35)46(4)31(49)23-14-20-16(2)45(3)28-19(26(20)43-41-23)7-6-8-21(28)38-22-15-25(39-29(47)17-9-10-17)42-44-27(22)30(48)40-33(36,50)51/h6-8,11-17,50-51H,5,9-10H2,1-4H3,(H,40,48)(H2,38,39,42,47). The Labute approximate surface area is 314 Å². The van der Waals surface area contributed by atoms with E-state index < -0.39 is 38.8 Å². The Balaban J connectivity index is 1.34. The van der Waals surface area contributed by atoms with Gasteiger partial charge in [-0.15, -0.1) is 20.4 Å². The molecule has 2 aliphatic rings. The van der Waals surface area contributed by atoms with Gasteiger partial charge in [-0.1, -0.05) is 19.1 Å². The van der Waals surface area contributed by atoms with Crippen LogP contribution in [0, 0.1) is 5.92 Å². The van der Waals surface area contributed by atoms with Crippen LogP contribution < -0.4 is 20.9 Å². The summed E-state index contributed by atoms with van der Waals surface area (Å²) in [6, 6.07) is 10.3. The van der Waals surface area contributed by atoms with Crippen molar-refractivity contribution in [2.75, 3.05) is 35.4 Å². The Hall–Kier alpha value is -5.40. The quantitative estimate of drug-likeness (QED) is 0.104. The van der Waals surface area contributed by atoms with Crippen LogP contribution in [-0.2, 0) is 20.0 Å². The van der Waals surface area contributed by atoms with Gasteiger partial charge in [-0.25, -0.2) is 8.42 Å². The number of benzene rings is 1. The number of amides is 3. The van der Waals surface area contributed by atoms with Gasteiger partial charge in [0.1, 0.15) is 5.69 Å². The van der Waals surface area contributed by atoms with Crippen molar-refractivity contribution in [1.29, 1.82) is 0 Å². The van der Waals surface area contributed by atoms with Gasteiger partial charge in [-0.2, -0.15) is 0 Å². The number of nitrogens with zero attached hydrogens (tertiary/aromatic N) is 7. The third-order valence-electron chi connectivity index (χ3n) is 9.23. The first-order valence-electron chi connectivity index (χ1n) is 16.6. The molecule has 4 aromatic rings. The second-order valence-electron chi connectivity index (χ2n) is 13.1. The van der Waals surface area contributed by atoms with Crippen molar-refractivity contribution >= 4 is 74.0 Å². The average Bonchev–Trinajstić information content (AvgIpc) is 3.98. The van der Waals surface area contributed by atoms with Gasteiger partial charge in [0, 0.05) is 54.4 Å². The highest BCUT2D eigenvalue weighted by atomic mass is 32.2. The number of hydrogen-bond donors (Lipinski definition) is 5. The number of nitrogens with one attached hydrogen (secondary N) is 3. The van der Waals surface area contributed by atoms with Gasteiger partial charge in [-0.05, 0) is 44.0 Å². The summed E-state index contributed by atoms with van der Waals surface area (Å²) in [6.07, 6.45) is 2.74. The van der Waals surface area contributed by atoms with Crippen molar-refractivity contribution in [2.45, 2.75) is 48.8 Å². The molecule has 17 nitrogen and oxygen atoms in total. The van der Waals surface area contributed by atoms with Gasteiger partial charge in [0.05, 0.1) is 49.4 Å². The summed E-state index contributed by atoms with van der Waals surface area (Å²) in [5.74, 6) is -5.33. The fourth-order valence-electron chi connectivity index (χ4n) is 5.82. The highest BCUT2D eigenvalue weighted by Gasteiger charge is 2.36. The van der Waals surface area contributed by atoms with Gasteiger partial charge < -0.3 is 36.0 Å². The minimum absolute atomic E-state index is 0.0394. The maximum atomic E-state index is 13.8. The first-order chi connectivity index (χ1) is 25.3. The van der Waals surface area contributed by atoms with Crippen LogP contribution in [0.25, 0.3) is 11.3 Å². The van der Waals surface area contributed by atoms with E-state index >= 15 is 0 Å². The number of anilines is 4. The van der Waals surface area contributed by atoms with Crippen molar-refractivity contribution < 1.29 is 33.0 Å². The number of sulfone groups is 1. The molecule has 1 saturated carbocycles. The topological polar surface area (TPSA) is 233 Å². The number of aliphatic hydroxyl groups is 2. The summed E-state index contributed by atoms with van der Waals surface area (Å²) in [7, 11) is 17.5. The van der Waals surface area contributed by atoms with E-state index in [0.717, 1.165) is 17.7 Å². The lowest BCUT2D eigenvalue weighted by atomic mass is 9.58. The van der Waals surface area contributed by atoms with E-state index in [1.165, 1.54) is 38.4 Å². The van der Waals surface area contributed by atoms with E-state index in [-0.39, 0.29) is 51.1 Å². The summed E-state index contributed by atoms with van der Waals surface area (Å²) in [5, 5.41) is 41.3. The predicted molar refractivity (Wildman–Crippen MR) is 199 cm³/mol. The molecular weight excluding hydrogens is 713 g/mol. The van der Waals surface area contributed by atoms with Gasteiger partial charge >= 0.3 is 0 Å². The first-order valence-corrected chi connectivity index (χ1v) is 18.3. The molecule has 1 aromatic carbocycles. The van der Waals surface area contributed by atoms with Crippen LogP contribution in [0.3, 0.4) is 0 Å². The van der Waals surface area contributed by atoms with Crippen LogP contribution in [0.1, 0.15) is 65.0 Å². The maximum Gasteiger partial charge on any atom is 0.277 e. The third-order valence-corrected chi connectivity index (χ3v) is 11.0. The molecule has 3 amide bonds. The SMILES string of the molecule is [B]C(O)(O)NC(=O)c1nnc(NC(=O)C2CC2)cc1Nc1cccc2c1N(C)C(C)c1cc(C(=O)N(C)C([B])([B])c3cc(S(=O)(=O)CC)ccn3)nnc1-2. The summed E-state index contributed by atoms with van der Waals surface area (Å²) >= 11 is 0. The second kappa shape index (κ2) is 14.1. The number of fused-ring (bicyclic) bond motifs is 3. The van der Waals surface area contributed by atoms with Gasteiger partial charge in [0.2, 0.25) is 5.91 Å². The number of hydrogen-bond acceptors (Lipinski definition) is 14. The van der Waals surface area contributed by atoms with Crippen molar-refractivity contribution in [2.24, 2.45) is 5.92 Å². The number of para-hydroxylation sites is 1. The Bertz CT molecular complexity index is 2290. The molecule has 1 atom stereocenters. The second-order valence-corrected chi connectivity index (χ2v) is 15.3. The molecule has 1 fully saturated rings. The summed E-state index contributed by atoms with van der Waals surface area (Å²) in [5.41, 5.74) is 2.29. The Morgan fingerprint density at radius 2 is 1.74 bits per heavy atom. The number of pyridine rings is 1. The Morgan fingerprint density at radius 3 is 2.41 bits per heavy atom. The molecule has 6 radical (unpaired) electrons. The van der Waals surface area contributed by atoms with Crippen LogP contribution in [0.5, 0.6) is 0 Å². The molecule has 6 rings (SSSR count). The molecule has 1 aliphatic carbocycles. The van der Waals surface area contributed by atoms with Crippen LogP contribution >= 0.6 is 0 Å². The van der Waals surface area contributed by atoms with Crippen LogP contribution in [0.2, 0.25) is 0 Å². The normalized spacial score (nSPS) is 15.4. The molecule has 1 unspecified atom stereocenters. The van der Waals surface area contributed by atoms with Gasteiger partial charge in [-0.3, -0.25) is 19.4 Å². The lowest BCUT2D eigenvalue weighted by molar-refractivity contribution is -0.117. The monoisotopic (exact) mass is 746 g/mol. The number of carbonyl (C=O) groups is 3. The zero-order valence-electron chi connectivity index (χ0n) is 29.6. The van der Waals surface area contributed by atoms with Crippen molar-refractivity contribution in [3.8, 4) is 11.3 Å². The predicted octanol–water partition coefficient (Wildman–Crippen LogP) is 0.439. The van der Waals surface area contributed by atoms with E-state index in [9.17, 15) is 33.0 Å². The van der Waals surface area contributed by atoms with Crippen LogP contribution in [0.15, 0.2) is 53.6 Å². The van der Waals surface area contributed by atoms with Crippen LogP contribution in [-0.4, -0.2) is 116 Å². The van der Waals surface area contributed by atoms with Gasteiger partial charge in [0.15, 0.2) is 40.7 Å². The zero-order chi connectivity index (χ0) is 39.3. The average molecular weight is 746 g/mol. The summed E-state index contributed by atoms with van der Waals surface area (Å²) < 4.78 is 25.0. The Kier molecular flexibility index (Phi) is 10.0. The molecule has 4 heterocycles.